The zero-order chi connectivity index (χ0) is 14.9. The lowest BCUT2D eigenvalue weighted by Gasteiger charge is -2.01. The molecule has 0 aliphatic carbocycles. The second-order valence-electron chi connectivity index (χ2n) is 5.80. The van der Waals surface area contributed by atoms with Crippen molar-refractivity contribution in [1.29, 1.82) is 0 Å². The highest BCUT2D eigenvalue weighted by Gasteiger charge is 2.04. The summed E-state index contributed by atoms with van der Waals surface area (Å²) in [6, 6.07) is 5.99. The largest absolute Gasteiger partial charge is 0.241 e. The molecule has 1 heterocycles. The molecule has 2 aromatic rings. The van der Waals surface area contributed by atoms with Crippen LogP contribution in [-0.4, -0.2) is 4.98 Å². The predicted molar refractivity (Wildman–Crippen MR) is 95.6 cm³/mol. The van der Waals surface area contributed by atoms with Crippen molar-refractivity contribution in [3.63, 3.8) is 0 Å². The molecule has 21 heavy (non-hydrogen) atoms. The highest BCUT2D eigenvalue weighted by molar-refractivity contribution is 7.18. The van der Waals surface area contributed by atoms with Gasteiger partial charge in [0.1, 0.15) is 0 Å². The molecule has 0 unspecified atom stereocenters. The Balaban J connectivity index is 1.59. The minimum absolute atomic E-state index is 0.780. The second kappa shape index (κ2) is 9.42. The van der Waals surface area contributed by atoms with Gasteiger partial charge in [0, 0.05) is 5.02 Å². The summed E-state index contributed by atoms with van der Waals surface area (Å²) in [4.78, 5) is 4.68. The van der Waals surface area contributed by atoms with Crippen molar-refractivity contribution in [2.75, 3.05) is 0 Å². The summed E-state index contributed by atoms with van der Waals surface area (Å²) >= 11 is 7.81. The molecule has 0 saturated heterocycles. The first kappa shape index (κ1) is 16.8. The average molecular weight is 324 g/mol. The molecule has 0 aliphatic heterocycles. The smallest absolute Gasteiger partial charge is 0.0938 e. The summed E-state index contributed by atoms with van der Waals surface area (Å²) in [7, 11) is 0. The maximum atomic E-state index is 6.00. The third-order valence-electron chi connectivity index (χ3n) is 3.89. The molecule has 0 bridgehead atoms. The summed E-state index contributed by atoms with van der Waals surface area (Å²) in [5, 5.41) is 2.04. The number of halogens is 1. The maximum absolute atomic E-state index is 6.00. The third kappa shape index (κ3) is 5.96. The molecule has 0 radical (unpaired) electrons. The summed E-state index contributed by atoms with van der Waals surface area (Å²) in [6.07, 6.45) is 13.5. The molecule has 1 aromatic carbocycles. The van der Waals surface area contributed by atoms with Crippen molar-refractivity contribution in [2.24, 2.45) is 0 Å². The lowest BCUT2D eigenvalue weighted by molar-refractivity contribution is 0.564. The first-order valence-corrected chi connectivity index (χ1v) is 9.54. The first-order chi connectivity index (χ1) is 10.3. The van der Waals surface area contributed by atoms with Crippen molar-refractivity contribution in [1.82, 2.24) is 4.98 Å². The molecule has 0 atom stereocenters. The Morgan fingerprint density at radius 2 is 1.62 bits per heavy atom. The molecular weight excluding hydrogens is 298 g/mol. The number of nitrogens with zero attached hydrogens (tertiary/aromatic N) is 1. The summed E-state index contributed by atoms with van der Waals surface area (Å²) in [6.45, 7) is 2.27. The lowest BCUT2D eigenvalue weighted by atomic mass is 10.1. The van der Waals surface area contributed by atoms with E-state index in [9.17, 15) is 0 Å². The number of thiazole rings is 1. The van der Waals surface area contributed by atoms with Gasteiger partial charge in [0.05, 0.1) is 15.2 Å². The number of unbranched alkanes of at least 4 members (excludes halogenated alkanes) is 8. The Labute approximate surface area is 137 Å². The first-order valence-electron chi connectivity index (χ1n) is 8.34. The van der Waals surface area contributed by atoms with Crippen molar-refractivity contribution in [3.05, 3.63) is 28.2 Å². The fourth-order valence-corrected chi connectivity index (χ4v) is 3.80. The summed E-state index contributed by atoms with van der Waals surface area (Å²) in [5.74, 6) is 0. The number of aryl methyl sites for hydroxylation is 1. The summed E-state index contributed by atoms with van der Waals surface area (Å²) in [5.41, 5.74) is 1.05. The fraction of sp³-hybridized carbons (Fsp3) is 0.611. The number of hydrogen-bond acceptors (Lipinski definition) is 2. The standard InChI is InChI=1S/C18H26ClNS/c1-2-3-4-5-6-7-8-9-10-11-18-20-16-14-15(19)12-13-17(16)21-18/h12-14H,2-11H2,1H3. The van der Waals surface area contributed by atoms with Gasteiger partial charge in [-0.05, 0) is 31.0 Å². The van der Waals surface area contributed by atoms with Crippen LogP contribution in [0.2, 0.25) is 5.02 Å². The Morgan fingerprint density at radius 3 is 2.33 bits per heavy atom. The van der Waals surface area contributed by atoms with Gasteiger partial charge in [0.15, 0.2) is 0 Å². The van der Waals surface area contributed by atoms with E-state index in [1.807, 2.05) is 23.5 Å². The highest BCUT2D eigenvalue weighted by Crippen LogP contribution is 2.26. The number of hydrogen-bond donors (Lipinski definition) is 0. The predicted octanol–water partition coefficient (Wildman–Crippen LogP) is 7.02. The van der Waals surface area contributed by atoms with Gasteiger partial charge in [0.25, 0.3) is 0 Å². The second-order valence-corrected chi connectivity index (χ2v) is 7.35. The number of rotatable bonds is 10. The van der Waals surface area contributed by atoms with E-state index in [1.54, 1.807) is 0 Å². The molecule has 0 N–H and O–H groups in total. The van der Waals surface area contributed by atoms with Crippen molar-refractivity contribution < 1.29 is 0 Å². The summed E-state index contributed by atoms with van der Waals surface area (Å²) < 4.78 is 1.25. The molecule has 0 spiro atoms. The molecule has 3 heteroatoms. The molecule has 0 saturated carbocycles. The van der Waals surface area contributed by atoms with Crippen LogP contribution in [-0.2, 0) is 6.42 Å². The van der Waals surface area contributed by atoms with Gasteiger partial charge >= 0.3 is 0 Å². The van der Waals surface area contributed by atoms with Crippen LogP contribution < -0.4 is 0 Å². The van der Waals surface area contributed by atoms with E-state index >= 15 is 0 Å². The minimum Gasteiger partial charge on any atom is -0.241 e. The third-order valence-corrected chi connectivity index (χ3v) is 5.22. The van der Waals surface area contributed by atoms with Gasteiger partial charge in [-0.1, -0.05) is 69.9 Å². The van der Waals surface area contributed by atoms with Gasteiger partial charge in [-0.25, -0.2) is 4.98 Å². The van der Waals surface area contributed by atoms with Crippen LogP contribution in [0, 0.1) is 0 Å². The van der Waals surface area contributed by atoms with Gasteiger partial charge in [-0.15, -0.1) is 11.3 Å². The fourth-order valence-electron chi connectivity index (χ4n) is 2.64. The van der Waals surface area contributed by atoms with Crippen molar-refractivity contribution in [3.8, 4) is 0 Å². The van der Waals surface area contributed by atoms with Crippen LogP contribution in [0.25, 0.3) is 10.2 Å². The molecule has 116 valence electrons. The minimum atomic E-state index is 0.780. The van der Waals surface area contributed by atoms with E-state index in [-0.39, 0.29) is 0 Å². The molecule has 1 aromatic heterocycles. The van der Waals surface area contributed by atoms with Gasteiger partial charge in [-0.2, -0.15) is 0 Å². The van der Waals surface area contributed by atoms with Gasteiger partial charge in [-0.3, -0.25) is 0 Å². The van der Waals surface area contributed by atoms with Gasteiger partial charge < -0.3 is 0 Å². The molecule has 0 aliphatic rings. The molecule has 0 fully saturated rings. The lowest BCUT2D eigenvalue weighted by Crippen LogP contribution is -1.85. The molecular formula is C18H26ClNS. The topological polar surface area (TPSA) is 12.9 Å². The average Bonchev–Trinajstić information content (AvgIpc) is 2.87. The molecule has 1 nitrogen and oxygen atoms in total. The van der Waals surface area contributed by atoms with Gasteiger partial charge in [0.2, 0.25) is 0 Å². The highest BCUT2D eigenvalue weighted by atomic mass is 35.5. The maximum Gasteiger partial charge on any atom is 0.0938 e. The Kier molecular flexibility index (Phi) is 7.52. The van der Waals surface area contributed by atoms with Crippen molar-refractivity contribution >= 4 is 33.2 Å². The monoisotopic (exact) mass is 323 g/mol. The van der Waals surface area contributed by atoms with Crippen LogP contribution >= 0.6 is 22.9 Å². The van der Waals surface area contributed by atoms with Crippen molar-refractivity contribution in [2.45, 2.75) is 71.1 Å². The van der Waals surface area contributed by atoms with Crippen LogP contribution in [0.1, 0.15) is 69.7 Å². The zero-order valence-corrected chi connectivity index (χ0v) is 14.6. The van der Waals surface area contributed by atoms with Crippen LogP contribution in [0.4, 0.5) is 0 Å². The van der Waals surface area contributed by atoms with E-state index in [2.05, 4.69) is 18.0 Å². The zero-order valence-electron chi connectivity index (χ0n) is 13.0. The quantitative estimate of drug-likeness (QED) is 0.428. The Morgan fingerprint density at radius 1 is 0.952 bits per heavy atom. The van der Waals surface area contributed by atoms with E-state index in [0.29, 0.717) is 0 Å². The number of aromatic nitrogens is 1. The normalized spacial score (nSPS) is 11.3. The van der Waals surface area contributed by atoms with Crippen LogP contribution in [0.3, 0.4) is 0 Å². The van der Waals surface area contributed by atoms with Crippen LogP contribution in [0.5, 0.6) is 0 Å². The van der Waals surface area contributed by atoms with E-state index in [1.165, 1.54) is 67.5 Å². The van der Waals surface area contributed by atoms with E-state index in [0.717, 1.165) is 17.0 Å². The van der Waals surface area contributed by atoms with E-state index < -0.39 is 0 Å². The Bertz CT molecular complexity index is 535. The molecule has 2 rings (SSSR count). The number of fused-ring (bicyclic) bond motifs is 1. The van der Waals surface area contributed by atoms with Crippen LogP contribution in [0.15, 0.2) is 18.2 Å². The number of benzene rings is 1. The Hall–Kier alpha value is -0.600. The SMILES string of the molecule is CCCCCCCCCCCc1nc2cc(Cl)ccc2s1. The molecule has 0 amide bonds. The van der Waals surface area contributed by atoms with E-state index in [4.69, 9.17) is 11.6 Å².